The van der Waals surface area contributed by atoms with Crippen molar-refractivity contribution in [3.63, 3.8) is 0 Å². The number of aliphatic hydroxyl groups excluding tert-OH is 1. The zero-order chi connectivity index (χ0) is 22.8. The SMILES string of the molecule is CC1CN(C(=O)C(CC(=O)O)NC(=O)OCC2c3ccccc3-c3ccccc32)CC1O. The Hall–Kier alpha value is -3.39. The van der Waals surface area contributed by atoms with Crippen molar-refractivity contribution in [2.24, 2.45) is 5.92 Å². The van der Waals surface area contributed by atoms with Gasteiger partial charge in [0.1, 0.15) is 12.6 Å². The van der Waals surface area contributed by atoms with Crippen LogP contribution in [0.1, 0.15) is 30.4 Å². The van der Waals surface area contributed by atoms with E-state index in [0.717, 1.165) is 22.3 Å². The van der Waals surface area contributed by atoms with Crippen molar-refractivity contribution in [3.8, 4) is 11.1 Å². The van der Waals surface area contributed by atoms with Crippen LogP contribution in [0.5, 0.6) is 0 Å². The van der Waals surface area contributed by atoms with Gasteiger partial charge < -0.3 is 25.2 Å². The van der Waals surface area contributed by atoms with Crippen LogP contribution in [0.4, 0.5) is 4.79 Å². The van der Waals surface area contributed by atoms with Crippen LogP contribution in [0.3, 0.4) is 0 Å². The lowest BCUT2D eigenvalue weighted by Gasteiger charge is -2.23. The molecule has 1 fully saturated rings. The predicted molar refractivity (Wildman–Crippen MR) is 116 cm³/mol. The summed E-state index contributed by atoms with van der Waals surface area (Å²) in [6.07, 6.45) is -2.08. The lowest BCUT2D eigenvalue weighted by atomic mass is 9.98. The molecule has 1 heterocycles. The van der Waals surface area contributed by atoms with E-state index in [1.807, 2.05) is 55.5 Å². The highest BCUT2D eigenvalue weighted by molar-refractivity contribution is 5.89. The Morgan fingerprint density at radius 1 is 1.06 bits per heavy atom. The zero-order valence-electron chi connectivity index (χ0n) is 17.7. The average molecular weight is 438 g/mol. The van der Waals surface area contributed by atoms with Gasteiger partial charge >= 0.3 is 12.1 Å². The Kier molecular flexibility index (Phi) is 6.14. The fourth-order valence-corrected chi connectivity index (χ4v) is 4.51. The van der Waals surface area contributed by atoms with E-state index in [4.69, 9.17) is 4.74 Å². The highest BCUT2D eigenvalue weighted by atomic mass is 16.5. The van der Waals surface area contributed by atoms with Crippen molar-refractivity contribution in [2.45, 2.75) is 31.4 Å². The van der Waals surface area contributed by atoms with Crippen molar-refractivity contribution < 1.29 is 29.3 Å². The molecule has 3 N–H and O–H groups in total. The van der Waals surface area contributed by atoms with E-state index in [1.165, 1.54) is 4.90 Å². The number of amides is 2. The number of hydrogen-bond donors (Lipinski definition) is 3. The summed E-state index contributed by atoms with van der Waals surface area (Å²) in [5.74, 6) is -2.00. The highest BCUT2D eigenvalue weighted by Crippen LogP contribution is 2.44. The van der Waals surface area contributed by atoms with Crippen molar-refractivity contribution in [1.82, 2.24) is 10.2 Å². The third-order valence-corrected chi connectivity index (χ3v) is 6.20. The van der Waals surface area contributed by atoms with Gasteiger partial charge in [-0.1, -0.05) is 55.5 Å². The van der Waals surface area contributed by atoms with Gasteiger partial charge in [-0.3, -0.25) is 9.59 Å². The van der Waals surface area contributed by atoms with Crippen LogP contribution in [0.15, 0.2) is 48.5 Å². The third-order valence-electron chi connectivity index (χ3n) is 6.20. The maximum atomic E-state index is 12.8. The number of alkyl carbamates (subject to hydrolysis) is 1. The number of carbonyl (C=O) groups excluding carboxylic acids is 2. The summed E-state index contributed by atoms with van der Waals surface area (Å²) in [5, 5.41) is 21.5. The monoisotopic (exact) mass is 438 g/mol. The number of carboxylic acids is 1. The number of hydrogen-bond acceptors (Lipinski definition) is 5. The smallest absolute Gasteiger partial charge is 0.407 e. The van der Waals surface area contributed by atoms with Crippen LogP contribution < -0.4 is 5.32 Å². The molecule has 1 saturated heterocycles. The number of ether oxygens (including phenoxy) is 1. The minimum atomic E-state index is -1.26. The van der Waals surface area contributed by atoms with E-state index in [9.17, 15) is 24.6 Å². The molecule has 0 bridgehead atoms. The predicted octanol–water partition coefficient (Wildman–Crippen LogP) is 2.21. The first kappa shape index (κ1) is 21.8. The topological polar surface area (TPSA) is 116 Å². The van der Waals surface area contributed by atoms with Gasteiger partial charge in [-0.2, -0.15) is 0 Å². The number of likely N-dealkylation sites (tertiary alicyclic amines) is 1. The molecule has 0 radical (unpaired) electrons. The van der Waals surface area contributed by atoms with Crippen LogP contribution in [-0.4, -0.2) is 64.9 Å². The van der Waals surface area contributed by atoms with Gasteiger partial charge in [-0.25, -0.2) is 4.79 Å². The summed E-state index contributed by atoms with van der Waals surface area (Å²) in [6.45, 7) is 2.29. The van der Waals surface area contributed by atoms with Gasteiger partial charge in [-0.15, -0.1) is 0 Å². The van der Waals surface area contributed by atoms with Crippen molar-refractivity contribution in [3.05, 3.63) is 59.7 Å². The fourth-order valence-electron chi connectivity index (χ4n) is 4.51. The number of benzene rings is 2. The molecule has 0 spiro atoms. The quantitative estimate of drug-likeness (QED) is 0.637. The lowest BCUT2D eigenvalue weighted by molar-refractivity contribution is -0.142. The molecule has 8 heteroatoms. The van der Waals surface area contributed by atoms with Crippen LogP contribution >= 0.6 is 0 Å². The third kappa shape index (κ3) is 4.31. The molecule has 168 valence electrons. The summed E-state index contributed by atoms with van der Waals surface area (Å²) in [7, 11) is 0. The standard InChI is InChI=1S/C24H26N2O6/c1-14-11-26(12-21(14)27)23(30)20(10-22(28)29)25-24(31)32-13-19-17-8-4-2-6-15(17)16-7-3-5-9-18(16)19/h2-9,14,19-21,27H,10-13H2,1H3,(H,25,31)(H,28,29). The number of nitrogens with one attached hydrogen (secondary N) is 1. The number of aliphatic carboxylic acids is 1. The second-order valence-corrected chi connectivity index (χ2v) is 8.41. The zero-order valence-corrected chi connectivity index (χ0v) is 17.7. The second kappa shape index (κ2) is 9.00. The molecule has 2 aromatic carbocycles. The van der Waals surface area contributed by atoms with Gasteiger partial charge in [0.25, 0.3) is 0 Å². The van der Waals surface area contributed by atoms with Gasteiger partial charge in [-0.05, 0) is 22.3 Å². The Labute approximate surface area is 185 Å². The minimum absolute atomic E-state index is 0.0628. The van der Waals surface area contributed by atoms with E-state index in [2.05, 4.69) is 5.32 Å². The first-order chi connectivity index (χ1) is 15.3. The summed E-state index contributed by atoms with van der Waals surface area (Å²) in [6, 6.07) is 14.6. The molecule has 8 nitrogen and oxygen atoms in total. The first-order valence-electron chi connectivity index (χ1n) is 10.6. The molecule has 1 aliphatic carbocycles. The van der Waals surface area contributed by atoms with Crippen LogP contribution in [0.25, 0.3) is 11.1 Å². The average Bonchev–Trinajstić information content (AvgIpc) is 3.28. The molecule has 2 aliphatic rings. The van der Waals surface area contributed by atoms with E-state index in [1.54, 1.807) is 0 Å². The molecule has 2 amide bonds. The Balaban J connectivity index is 1.43. The summed E-state index contributed by atoms with van der Waals surface area (Å²) >= 11 is 0. The van der Waals surface area contributed by atoms with E-state index >= 15 is 0 Å². The van der Waals surface area contributed by atoms with Crippen molar-refractivity contribution in [1.29, 1.82) is 0 Å². The first-order valence-corrected chi connectivity index (χ1v) is 10.6. The Morgan fingerprint density at radius 3 is 2.19 bits per heavy atom. The molecule has 0 saturated carbocycles. The second-order valence-electron chi connectivity index (χ2n) is 8.41. The van der Waals surface area contributed by atoms with Crippen LogP contribution in [-0.2, 0) is 14.3 Å². The highest BCUT2D eigenvalue weighted by Gasteiger charge is 2.36. The molecular weight excluding hydrogens is 412 g/mol. The summed E-state index contributed by atoms with van der Waals surface area (Å²) in [4.78, 5) is 37.9. The van der Waals surface area contributed by atoms with Crippen molar-refractivity contribution >= 4 is 18.0 Å². The molecule has 3 atom stereocenters. The van der Waals surface area contributed by atoms with Gasteiger partial charge in [0, 0.05) is 24.9 Å². The van der Waals surface area contributed by atoms with E-state index in [0.29, 0.717) is 6.54 Å². The molecule has 0 aromatic heterocycles. The number of fused-ring (bicyclic) bond motifs is 3. The summed E-state index contributed by atoms with van der Waals surface area (Å²) < 4.78 is 5.44. The number of carbonyl (C=O) groups is 3. The number of carboxylic acid groups (broad SMARTS) is 1. The molecule has 2 aromatic rings. The molecular formula is C24H26N2O6. The molecule has 3 unspecified atom stereocenters. The lowest BCUT2D eigenvalue weighted by Crippen LogP contribution is -2.49. The maximum Gasteiger partial charge on any atom is 0.407 e. The number of aliphatic hydroxyl groups is 1. The van der Waals surface area contributed by atoms with Gasteiger partial charge in [0.2, 0.25) is 5.91 Å². The Bertz CT molecular complexity index is 983. The van der Waals surface area contributed by atoms with E-state index < -0.39 is 36.5 Å². The van der Waals surface area contributed by atoms with Crippen molar-refractivity contribution in [2.75, 3.05) is 19.7 Å². The summed E-state index contributed by atoms with van der Waals surface area (Å²) in [5.41, 5.74) is 4.30. The van der Waals surface area contributed by atoms with Gasteiger partial charge in [0.15, 0.2) is 0 Å². The molecule has 1 aliphatic heterocycles. The Morgan fingerprint density at radius 2 is 1.66 bits per heavy atom. The normalized spacial score (nSPS) is 20.4. The number of rotatable bonds is 6. The van der Waals surface area contributed by atoms with Gasteiger partial charge in [0.05, 0.1) is 12.5 Å². The largest absolute Gasteiger partial charge is 0.481 e. The number of nitrogens with zero attached hydrogens (tertiary/aromatic N) is 1. The number of β-amino-alcohol motifs (C(OH)–C–C–N with tert-alkyl or cyclic N) is 1. The molecule has 4 rings (SSSR count). The fraction of sp³-hybridized carbons (Fsp3) is 0.375. The minimum Gasteiger partial charge on any atom is -0.481 e. The molecule has 32 heavy (non-hydrogen) atoms. The van der Waals surface area contributed by atoms with E-state index in [-0.39, 0.29) is 25.0 Å². The van der Waals surface area contributed by atoms with Crippen LogP contribution in [0, 0.1) is 5.92 Å². The maximum absolute atomic E-state index is 12.8. The van der Waals surface area contributed by atoms with Crippen LogP contribution in [0.2, 0.25) is 0 Å².